The molecule has 0 aliphatic heterocycles. The van der Waals surface area contributed by atoms with Gasteiger partial charge in [0, 0.05) is 0 Å². The van der Waals surface area contributed by atoms with Crippen molar-refractivity contribution < 1.29 is 9.90 Å². The Balaban J connectivity index is 2.07. The molecule has 0 bridgehead atoms. The fourth-order valence-corrected chi connectivity index (χ4v) is 2.86. The number of aryl methyl sites for hydroxylation is 1. The largest absolute Gasteiger partial charge is 0.384 e. The lowest BCUT2D eigenvalue weighted by Gasteiger charge is -2.15. The van der Waals surface area contributed by atoms with Crippen LogP contribution in [0.1, 0.15) is 38.6 Å². The third kappa shape index (κ3) is 3.94. The minimum absolute atomic E-state index is 0.0484. The van der Waals surface area contributed by atoms with Gasteiger partial charge in [-0.15, -0.1) is 11.3 Å². The Morgan fingerprint density at radius 1 is 1.33 bits per heavy atom. The number of carbonyl (C=O) groups is 1. The van der Waals surface area contributed by atoms with E-state index in [1.54, 1.807) is 12.1 Å². The van der Waals surface area contributed by atoms with Gasteiger partial charge in [0.25, 0.3) is 5.91 Å². The number of rotatable bonds is 3. The second-order valence-electron chi connectivity index (χ2n) is 4.68. The standard InChI is InChI=1S/C17H17NO2S/c1-12-6-3-4-8-15(12)13(2)18-17(20)16-10-9-14(21-16)7-5-11-19/h3-4,6,8-10,13,19H,11H2,1-2H3,(H,18,20). The number of hydrogen-bond acceptors (Lipinski definition) is 3. The van der Waals surface area contributed by atoms with E-state index in [9.17, 15) is 4.79 Å². The number of carbonyl (C=O) groups excluding carboxylic acids is 1. The lowest BCUT2D eigenvalue weighted by Crippen LogP contribution is -2.26. The Morgan fingerprint density at radius 2 is 2.10 bits per heavy atom. The summed E-state index contributed by atoms with van der Waals surface area (Å²) in [6, 6.07) is 11.5. The van der Waals surface area contributed by atoms with Crippen LogP contribution in [0, 0.1) is 18.8 Å². The first-order chi connectivity index (χ1) is 10.1. The highest BCUT2D eigenvalue weighted by Gasteiger charge is 2.14. The summed E-state index contributed by atoms with van der Waals surface area (Å²) in [7, 11) is 0. The third-order valence-electron chi connectivity index (χ3n) is 3.12. The van der Waals surface area contributed by atoms with Gasteiger partial charge in [0.15, 0.2) is 0 Å². The van der Waals surface area contributed by atoms with E-state index in [1.807, 2.05) is 38.1 Å². The van der Waals surface area contributed by atoms with Crippen molar-refractivity contribution in [1.29, 1.82) is 0 Å². The summed E-state index contributed by atoms with van der Waals surface area (Å²) in [5, 5.41) is 11.7. The molecule has 2 N–H and O–H groups in total. The number of nitrogens with one attached hydrogen (secondary N) is 1. The lowest BCUT2D eigenvalue weighted by atomic mass is 10.0. The van der Waals surface area contributed by atoms with Crippen LogP contribution in [0.5, 0.6) is 0 Å². The van der Waals surface area contributed by atoms with Crippen LogP contribution < -0.4 is 5.32 Å². The molecule has 1 aromatic heterocycles. The normalized spacial score (nSPS) is 11.4. The molecular formula is C17H17NO2S. The van der Waals surface area contributed by atoms with Crippen molar-refractivity contribution in [1.82, 2.24) is 5.32 Å². The van der Waals surface area contributed by atoms with Gasteiger partial charge < -0.3 is 10.4 Å². The zero-order valence-corrected chi connectivity index (χ0v) is 12.8. The number of thiophene rings is 1. The van der Waals surface area contributed by atoms with Crippen molar-refractivity contribution >= 4 is 17.2 Å². The number of aliphatic hydroxyl groups is 1. The summed E-state index contributed by atoms with van der Waals surface area (Å²) in [4.78, 5) is 13.6. The molecule has 1 atom stereocenters. The molecule has 0 saturated heterocycles. The zero-order chi connectivity index (χ0) is 15.2. The summed E-state index contributed by atoms with van der Waals surface area (Å²) in [6.45, 7) is 3.83. The molecular weight excluding hydrogens is 282 g/mol. The molecule has 21 heavy (non-hydrogen) atoms. The minimum atomic E-state index is -0.177. The highest BCUT2D eigenvalue weighted by atomic mass is 32.1. The van der Waals surface area contributed by atoms with Gasteiger partial charge in [0.05, 0.1) is 15.8 Å². The van der Waals surface area contributed by atoms with Crippen LogP contribution in [0.2, 0.25) is 0 Å². The molecule has 0 spiro atoms. The monoisotopic (exact) mass is 299 g/mol. The van der Waals surface area contributed by atoms with Crippen LogP contribution in [0.15, 0.2) is 36.4 Å². The van der Waals surface area contributed by atoms with Crippen molar-refractivity contribution in [2.45, 2.75) is 19.9 Å². The molecule has 3 nitrogen and oxygen atoms in total. The van der Waals surface area contributed by atoms with Crippen molar-refractivity contribution in [3.05, 3.63) is 57.3 Å². The van der Waals surface area contributed by atoms with Crippen LogP contribution >= 0.6 is 11.3 Å². The van der Waals surface area contributed by atoms with E-state index in [1.165, 1.54) is 11.3 Å². The van der Waals surface area contributed by atoms with E-state index in [0.29, 0.717) is 4.88 Å². The molecule has 0 saturated carbocycles. The molecule has 0 aliphatic rings. The van der Waals surface area contributed by atoms with E-state index >= 15 is 0 Å². The quantitative estimate of drug-likeness (QED) is 0.856. The lowest BCUT2D eigenvalue weighted by molar-refractivity contribution is 0.0944. The topological polar surface area (TPSA) is 49.3 Å². The zero-order valence-electron chi connectivity index (χ0n) is 12.0. The van der Waals surface area contributed by atoms with Crippen LogP contribution in [0.25, 0.3) is 0 Å². The van der Waals surface area contributed by atoms with Gasteiger partial charge in [-0.1, -0.05) is 36.1 Å². The second-order valence-corrected chi connectivity index (χ2v) is 5.76. The van der Waals surface area contributed by atoms with Crippen molar-refractivity contribution in [2.75, 3.05) is 6.61 Å². The van der Waals surface area contributed by atoms with Crippen LogP contribution in [0.4, 0.5) is 0 Å². The van der Waals surface area contributed by atoms with E-state index in [4.69, 9.17) is 5.11 Å². The third-order valence-corrected chi connectivity index (χ3v) is 4.12. The highest BCUT2D eigenvalue weighted by molar-refractivity contribution is 7.14. The Labute approximate surface area is 128 Å². The van der Waals surface area contributed by atoms with Gasteiger partial charge in [-0.05, 0) is 37.1 Å². The van der Waals surface area contributed by atoms with Gasteiger partial charge in [0.2, 0.25) is 0 Å². The summed E-state index contributed by atoms with van der Waals surface area (Å²) in [5.41, 5.74) is 2.27. The van der Waals surface area contributed by atoms with Crippen molar-refractivity contribution in [3.8, 4) is 11.8 Å². The number of hydrogen-bond donors (Lipinski definition) is 2. The van der Waals surface area contributed by atoms with Crippen LogP contribution in [-0.2, 0) is 0 Å². The molecule has 0 fully saturated rings. The van der Waals surface area contributed by atoms with E-state index in [0.717, 1.165) is 16.0 Å². The van der Waals surface area contributed by atoms with Gasteiger partial charge in [-0.2, -0.15) is 0 Å². The molecule has 108 valence electrons. The Kier molecular flexibility index (Phi) is 5.15. The first kappa shape index (κ1) is 15.3. The first-order valence-electron chi connectivity index (χ1n) is 6.67. The molecule has 0 radical (unpaired) electrons. The van der Waals surface area contributed by atoms with Gasteiger partial charge >= 0.3 is 0 Å². The van der Waals surface area contributed by atoms with E-state index in [2.05, 4.69) is 17.2 Å². The molecule has 1 amide bonds. The molecule has 2 rings (SSSR count). The maximum atomic E-state index is 12.2. The second kappa shape index (κ2) is 7.07. The Morgan fingerprint density at radius 3 is 2.81 bits per heavy atom. The average molecular weight is 299 g/mol. The van der Waals surface area contributed by atoms with Crippen LogP contribution in [0.3, 0.4) is 0 Å². The van der Waals surface area contributed by atoms with Gasteiger partial charge in [-0.3, -0.25) is 4.79 Å². The smallest absolute Gasteiger partial charge is 0.261 e. The number of benzene rings is 1. The van der Waals surface area contributed by atoms with Gasteiger partial charge in [0.1, 0.15) is 6.61 Å². The maximum absolute atomic E-state index is 12.2. The van der Waals surface area contributed by atoms with Gasteiger partial charge in [-0.25, -0.2) is 0 Å². The molecule has 1 aromatic carbocycles. The van der Waals surface area contributed by atoms with Crippen molar-refractivity contribution in [2.24, 2.45) is 0 Å². The van der Waals surface area contributed by atoms with Crippen molar-refractivity contribution in [3.63, 3.8) is 0 Å². The Hall–Kier alpha value is -2.09. The van der Waals surface area contributed by atoms with E-state index < -0.39 is 0 Å². The molecule has 4 heteroatoms. The fraction of sp³-hybridized carbons (Fsp3) is 0.235. The molecule has 1 unspecified atom stereocenters. The maximum Gasteiger partial charge on any atom is 0.261 e. The summed E-state index contributed by atoms with van der Waals surface area (Å²) in [6.07, 6.45) is 0. The van der Waals surface area contributed by atoms with E-state index in [-0.39, 0.29) is 18.6 Å². The fourth-order valence-electron chi connectivity index (χ4n) is 2.07. The molecule has 0 aliphatic carbocycles. The SMILES string of the molecule is Cc1ccccc1C(C)NC(=O)c1ccc(C#CCO)s1. The highest BCUT2D eigenvalue weighted by Crippen LogP contribution is 2.19. The number of amides is 1. The first-order valence-corrected chi connectivity index (χ1v) is 7.49. The van der Waals surface area contributed by atoms with Crippen LogP contribution in [-0.4, -0.2) is 17.6 Å². The number of aliphatic hydroxyl groups excluding tert-OH is 1. The average Bonchev–Trinajstić information content (AvgIpc) is 2.94. The molecule has 2 aromatic rings. The summed E-state index contributed by atoms with van der Waals surface area (Å²) < 4.78 is 0. The predicted octanol–water partition coefficient (Wildman–Crippen LogP) is 2.89. The summed E-state index contributed by atoms with van der Waals surface area (Å²) in [5.74, 6) is 5.27. The summed E-state index contributed by atoms with van der Waals surface area (Å²) >= 11 is 1.33. The molecule has 1 heterocycles. The predicted molar refractivity (Wildman–Crippen MR) is 85.3 cm³/mol. The Bertz CT molecular complexity index is 694. The minimum Gasteiger partial charge on any atom is -0.384 e.